The monoisotopic (exact) mass is 294 g/mol. The van der Waals surface area contributed by atoms with Gasteiger partial charge in [0.05, 0.1) is 10.6 Å². The number of amides is 1. The standard InChI is InChI=1S/C17H14N2OS/c1-12-6-5-9-14(10-12)18-16-15(21-17(20)19-16)11-13-7-3-2-4-8-13/h2-11H,1H3,(H,18,19,20)/b15-11-. The van der Waals surface area contributed by atoms with Gasteiger partial charge in [0, 0.05) is 0 Å². The van der Waals surface area contributed by atoms with Crippen LogP contribution in [0.2, 0.25) is 0 Å². The van der Waals surface area contributed by atoms with Crippen LogP contribution < -0.4 is 5.32 Å². The highest BCUT2D eigenvalue weighted by Crippen LogP contribution is 2.28. The van der Waals surface area contributed by atoms with Gasteiger partial charge in [-0.15, -0.1) is 0 Å². The summed E-state index contributed by atoms with van der Waals surface area (Å²) in [6.07, 6.45) is 1.97. The zero-order valence-electron chi connectivity index (χ0n) is 11.5. The summed E-state index contributed by atoms with van der Waals surface area (Å²) in [6, 6.07) is 17.8. The van der Waals surface area contributed by atoms with Gasteiger partial charge < -0.3 is 5.32 Å². The quantitative estimate of drug-likeness (QED) is 0.884. The minimum atomic E-state index is -0.0939. The molecule has 3 nitrogen and oxygen atoms in total. The molecule has 1 amide bonds. The lowest BCUT2D eigenvalue weighted by atomic mass is 10.2. The third-order valence-electron chi connectivity index (χ3n) is 3.00. The van der Waals surface area contributed by atoms with Crippen LogP contribution in [0.15, 0.2) is 64.5 Å². The first kappa shape index (κ1) is 13.6. The second-order valence-corrected chi connectivity index (χ2v) is 5.75. The van der Waals surface area contributed by atoms with Crippen molar-refractivity contribution >= 4 is 34.6 Å². The number of aryl methyl sites for hydroxylation is 1. The third kappa shape index (κ3) is 3.41. The number of carbonyl (C=O) groups is 1. The van der Waals surface area contributed by atoms with Crippen molar-refractivity contribution in [3.63, 3.8) is 0 Å². The lowest BCUT2D eigenvalue weighted by Crippen LogP contribution is -2.18. The molecule has 2 aromatic rings. The Hall–Kier alpha value is -2.33. The molecule has 0 aliphatic carbocycles. The molecule has 21 heavy (non-hydrogen) atoms. The fourth-order valence-electron chi connectivity index (χ4n) is 2.04. The predicted octanol–water partition coefficient (Wildman–Crippen LogP) is 4.52. The Morgan fingerprint density at radius 2 is 1.90 bits per heavy atom. The van der Waals surface area contributed by atoms with Gasteiger partial charge in [-0.05, 0) is 48.0 Å². The van der Waals surface area contributed by atoms with Crippen LogP contribution in [0.1, 0.15) is 11.1 Å². The summed E-state index contributed by atoms with van der Waals surface area (Å²) in [7, 11) is 0. The maximum Gasteiger partial charge on any atom is 0.289 e. The van der Waals surface area contributed by atoms with E-state index >= 15 is 0 Å². The van der Waals surface area contributed by atoms with E-state index in [-0.39, 0.29) is 5.24 Å². The van der Waals surface area contributed by atoms with Crippen LogP contribution in [-0.2, 0) is 0 Å². The summed E-state index contributed by atoms with van der Waals surface area (Å²) in [6.45, 7) is 2.02. The topological polar surface area (TPSA) is 41.5 Å². The van der Waals surface area contributed by atoms with Crippen LogP contribution in [0.5, 0.6) is 0 Å². The second-order valence-electron chi connectivity index (χ2n) is 4.73. The van der Waals surface area contributed by atoms with Crippen molar-refractivity contribution < 1.29 is 4.79 Å². The Kier molecular flexibility index (Phi) is 3.88. The maximum absolute atomic E-state index is 11.6. The molecule has 1 heterocycles. The molecule has 104 valence electrons. The first-order valence-corrected chi connectivity index (χ1v) is 7.44. The number of aliphatic imine (C=N–C) groups is 1. The molecule has 1 aliphatic heterocycles. The van der Waals surface area contributed by atoms with E-state index in [9.17, 15) is 4.79 Å². The highest BCUT2D eigenvalue weighted by molar-refractivity contribution is 8.18. The minimum absolute atomic E-state index is 0.0939. The van der Waals surface area contributed by atoms with E-state index in [0.717, 1.165) is 21.7 Å². The van der Waals surface area contributed by atoms with Crippen LogP contribution in [0, 0.1) is 6.92 Å². The molecule has 0 radical (unpaired) electrons. The molecule has 1 aliphatic rings. The molecule has 0 atom stereocenters. The van der Waals surface area contributed by atoms with Crippen molar-refractivity contribution in [3.05, 3.63) is 70.6 Å². The van der Waals surface area contributed by atoms with E-state index < -0.39 is 0 Å². The zero-order valence-corrected chi connectivity index (χ0v) is 12.4. The zero-order chi connectivity index (χ0) is 14.7. The van der Waals surface area contributed by atoms with E-state index in [1.54, 1.807) is 0 Å². The molecular weight excluding hydrogens is 280 g/mol. The van der Waals surface area contributed by atoms with E-state index in [2.05, 4.69) is 10.3 Å². The van der Waals surface area contributed by atoms with Gasteiger partial charge in [0.1, 0.15) is 5.84 Å². The molecule has 0 saturated carbocycles. The summed E-state index contributed by atoms with van der Waals surface area (Å²) in [4.78, 5) is 17.0. The highest BCUT2D eigenvalue weighted by Gasteiger charge is 2.23. The number of nitrogens with one attached hydrogen (secondary N) is 1. The van der Waals surface area contributed by atoms with Gasteiger partial charge in [-0.3, -0.25) is 4.79 Å². The third-order valence-corrected chi connectivity index (χ3v) is 3.81. The highest BCUT2D eigenvalue weighted by atomic mass is 32.2. The van der Waals surface area contributed by atoms with Crippen molar-refractivity contribution in [2.45, 2.75) is 6.92 Å². The average molecular weight is 294 g/mol. The Labute approximate surface area is 127 Å². The Bertz CT molecular complexity index is 735. The van der Waals surface area contributed by atoms with Crippen LogP contribution in [0.25, 0.3) is 6.08 Å². The number of thioether (sulfide) groups is 1. The smallest absolute Gasteiger partial charge is 0.289 e. The van der Waals surface area contributed by atoms with E-state index in [0.29, 0.717) is 5.84 Å². The molecule has 0 bridgehead atoms. The number of amidine groups is 1. The Morgan fingerprint density at radius 1 is 1.10 bits per heavy atom. The molecule has 3 rings (SSSR count). The van der Waals surface area contributed by atoms with Crippen molar-refractivity contribution in [1.29, 1.82) is 0 Å². The van der Waals surface area contributed by atoms with Crippen molar-refractivity contribution in [3.8, 4) is 0 Å². The fraction of sp³-hybridized carbons (Fsp3) is 0.0588. The van der Waals surface area contributed by atoms with Crippen LogP contribution in [-0.4, -0.2) is 11.1 Å². The fourth-order valence-corrected chi connectivity index (χ4v) is 2.78. The van der Waals surface area contributed by atoms with Crippen molar-refractivity contribution in [2.24, 2.45) is 4.99 Å². The number of carbonyl (C=O) groups excluding carboxylic acids is 1. The van der Waals surface area contributed by atoms with Crippen LogP contribution in [0.4, 0.5) is 10.5 Å². The van der Waals surface area contributed by atoms with Crippen LogP contribution in [0.3, 0.4) is 0 Å². The molecular formula is C17H14N2OS. The SMILES string of the molecule is Cc1cccc(N=C2NC(=O)S/C2=C\c2ccccc2)c1. The van der Waals surface area contributed by atoms with Gasteiger partial charge in [-0.2, -0.15) is 0 Å². The Balaban J connectivity index is 1.96. The van der Waals surface area contributed by atoms with Gasteiger partial charge in [0.2, 0.25) is 0 Å². The van der Waals surface area contributed by atoms with Crippen molar-refractivity contribution in [1.82, 2.24) is 5.32 Å². The van der Waals surface area contributed by atoms with Gasteiger partial charge in [0.25, 0.3) is 5.24 Å². The van der Waals surface area contributed by atoms with Crippen LogP contribution >= 0.6 is 11.8 Å². The van der Waals surface area contributed by atoms with Crippen molar-refractivity contribution in [2.75, 3.05) is 0 Å². The summed E-state index contributed by atoms with van der Waals surface area (Å²) in [5.74, 6) is 0.611. The molecule has 0 unspecified atom stereocenters. The molecule has 4 heteroatoms. The number of benzene rings is 2. The molecule has 1 fully saturated rings. The minimum Gasteiger partial charge on any atom is -0.300 e. The lowest BCUT2D eigenvalue weighted by molar-refractivity contribution is 0.265. The summed E-state index contributed by atoms with van der Waals surface area (Å²) in [5.41, 5.74) is 3.03. The van der Waals surface area contributed by atoms with Gasteiger partial charge in [0.15, 0.2) is 0 Å². The van der Waals surface area contributed by atoms with E-state index in [1.807, 2.05) is 67.6 Å². The average Bonchev–Trinajstić information content (AvgIpc) is 2.80. The summed E-state index contributed by atoms with van der Waals surface area (Å²) < 4.78 is 0. The van der Waals surface area contributed by atoms with Gasteiger partial charge in [-0.1, -0.05) is 42.5 Å². The summed E-state index contributed by atoms with van der Waals surface area (Å²) in [5, 5.41) is 2.70. The number of hydrogen-bond donors (Lipinski definition) is 1. The van der Waals surface area contributed by atoms with E-state index in [1.165, 1.54) is 11.8 Å². The number of rotatable bonds is 2. The first-order valence-electron chi connectivity index (χ1n) is 6.62. The molecule has 2 aromatic carbocycles. The summed E-state index contributed by atoms with van der Waals surface area (Å²) >= 11 is 1.17. The van der Waals surface area contributed by atoms with Gasteiger partial charge >= 0.3 is 0 Å². The van der Waals surface area contributed by atoms with Gasteiger partial charge in [-0.25, -0.2) is 4.99 Å². The molecule has 1 N–H and O–H groups in total. The first-order chi connectivity index (χ1) is 10.2. The molecule has 1 saturated heterocycles. The largest absolute Gasteiger partial charge is 0.300 e. The molecule has 0 aromatic heterocycles. The second kappa shape index (κ2) is 5.97. The Morgan fingerprint density at radius 3 is 2.67 bits per heavy atom. The van der Waals surface area contributed by atoms with E-state index in [4.69, 9.17) is 0 Å². The lowest BCUT2D eigenvalue weighted by Gasteiger charge is -2.01. The predicted molar refractivity (Wildman–Crippen MR) is 88.8 cm³/mol. The molecule has 0 spiro atoms. The number of nitrogens with zero attached hydrogens (tertiary/aromatic N) is 1. The maximum atomic E-state index is 11.6. The normalized spacial score (nSPS) is 18.2. The number of hydrogen-bond acceptors (Lipinski definition) is 3.